The highest BCUT2D eigenvalue weighted by molar-refractivity contribution is 7.98. The molecule has 0 aliphatic rings. The van der Waals surface area contributed by atoms with Gasteiger partial charge in [0.2, 0.25) is 16.9 Å². The molecule has 4 aromatic rings. The number of tetrazole rings is 1. The fourth-order valence-corrected chi connectivity index (χ4v) is 2.89. The van der Waals surface area contributed by atoms with Crippen molar-refractivity contribution in [2.45, 2.75) is 17.8 Å². The highest BCUT2D eigenvalue weighted by atomic mass is 32.2. The summed E-state index contributed by atoms with van der Waals surface area (Å²) in [5.74, 6) is 1.93. The molecule has 3 heterocycles. The molecule has 8 nitrogen and oxygen atoms in total. The van der Waals surface area contributed by atoms with Crippen LogP contribution in [0.5, 0.6) is 0 Å². The number of furan rings is 1. The molecule has 0 bridgehead atoms. The van der Waals surface area contributed by atoms with E-state index in [2.05, 4.69) is 25.7 Å². The monoisotopic (exact) mass is 340 g/mol. The SMILES string of the molecule is Cc1ccccc1-n1nnnc1SCc1nc(-c2ccco2)no1. The Morgan fingerprint density at radius 2 is 2.08 bits per heavy atom. The highest BCUT2D eigenvalue weighted by Crippen LogP contribution is 2.24. The molecule has 24 heavy (non-hydrogen) atoms. The Kier molecular flexibility index (Phi) is 3.83. The van der Waals surface area contributed by atoms with Gasteiger partial charge in [-0.25, -0.2) is 0 Å². The van der Waals surface area contributed by atoms with Crippen molar-refractivity contribution in [1.82, 2.24) is 30.3 Å². The molecule has 3 aromatic heterocycles. The summed E-state index contributed by atoms with van der Waals surface area (Å²) in [5.41, 5.74) is 2.02. The van der Waals surface area contributed by atoms with E-state index in [-0.39, 0.29) is 0 Å². The molecular formula is C15H12N6O2S. The van der Waals surface area contributed by atoms with E-state index >= 15 is 0 Å². The summed E-state index contributed by atoms with van der Waals surface area (Å²) in [6.07, 6.45) is 1.57. The first-order valence-electron chi connectivity index (χ1n) is 7.15. The zero-order chi connectivity index (χ0) is 16.4. The van der Waals surface area contributed by atoms with Crippen LogP contribution < -0.4 is 0 Å². The molecule has 0 N–H and O–H groups in total. The predicted molar refractivity (Wildman–Crippen MR) is 85.5 cm³/mol. The van der Waals surface area contributed by atoms with Crippen molar-refractivity contribution in [2.24, 2.45) is 0 Å². The minimum atomic E-state index is 0.425. The van der Waals surface area contributed by atoms with Gasteiger partial charge in [0.1, 0.15) is 0 Å². The number of hydrogen-bond donors (Lipinski definition) is 0. The molecule has 0 spiro atoms. The zero-order valence-electron chi connectivity index (χ0n) is 12.7. The minimum absolute atomic E-state index is 0.425. The maximum absolute atomic E-state index is 5.25. The summed E-state index contributed by atoms with van der Waals surface area (Å²) in [7, 11) is 0. The van der Waals surface area contributed by atoms with E-state index in [0.29, 0.717) is 28.4 Å². The topological polar surface area (TPSA) is 95.7 Å². The van der Waals surface area contributed by atoms with Crippen molar-refractivity contribution < 1.29 is 8.94 Å². The van der Waals surface area contributed by atoms with Gasteiger partial charge in [-0.3, -0.25) is 0 Å². The highest BCUT2D eigenvalue weighted by Gasteiger charge is 2.15. The van der Waals surface area contributed by atoms with E-state index in [1.165, 1.54) is 11.8 Å². The molecule has 0 atom stereocenters. The van der Waals surface area contributed by atoms with Crippen LogP contribution in [0.3, 0.4) is 0 Å². The van der Waals surface area contributed by atoms with E-state index in [9.17, 15) is 0 Å². The van der Waals surface area contributed by atoms with Crippen LogP contribution in [0.15, 0.2) is 56.8 Å². The Morgan fingerprint density at radius 1 is 1.17 bits per heavy atom. The average Bonchev–Trinajstić information content (AvgIpc) is 3.34. The summed E-state index contributed by atoms with van der Waals surface area (Å²) < 4.78 is 12.2. The van der Waals surface area contributed by atoms with Crippen LogP contribution in [-0.4, -0.2) is 30.3 Å². The largest absolute Gasteiger partial charge is 0.461 e. The summed E-state index contributed by atoms with van der Waals surface area (Å²) >= 11 is 1.42. The first-order valence-corrected chi connectivity index (χ1v) is 8.13. The van der Waals surface area contributed by atoms with Crippen LogP contribution >= 0.6 is 11.8 Å². The summed E-state index contributed by atoms with van der Waals surface area (Å²) in [6.45, 7) is 2.01. The molecule has 0 saturated heterocycles. The van der Waals surface area contributed by atoms with Gasteiger partial charge in [-0.1, -0.05) is 35.1 Å². The number of thioether (sulfide) groups is 1. The molecule has 0 aliphatic heterocycles. The van der Waals surface area contributed by atoms with Crippen LogP contribution in [0.25, 0.3) is 17.3 Å². The quantitative estimate of drug-likeness (QED) is 0.512. The van der Waals surface area contributed by atoms with Gasteiger partial charge in [0, 0.05) is 0 Å². The van der Waals surface area contributed by atoms with E-state index in [0.717, 1.165) is 11.3 Å². The van der Waals surface area contributed by atoms with Gasteiger partial charge >= 0.3 is 0 Å². The van der Waals surface area contributed by atoms with E-state index in [4.69, 9.17) is 8.94 Å². The Bertz CT molecular complexity index is 946. The van der Waals surface area contributed by atoms with Gasteiger partial charge in [0.05, 0.1) is 17.7 Å². The Morgan fingerprint density at radius 3 is 2.92 bits per heavy atom. The second-order valence-corrected chi connectivity index (χ2v) is 5.88. The van der Waals surface area contributed by atoms with Gasteiger partial charge in [-0.05, 0) is 41.1 Å². The molecule has 0 amide bonds. The Labute approximate surface area is 140 Å². The fraction of sp³-hybridized carbons (Fsp3) is 0.133. The van der Waals surface area contributed by atoms with Crippen LogP contribution in [0.1, 0.15) is 11.5 Å². The smallest absolute Gasteiger partial charge is 0.238 e. The lowest BCUT2D eigenvalue weighted by Gasteiger charge is -2.05. The van der Waals surface area contributed by atoms with E-state index in [1.54, 1.807) is 23.1 Å². The number of benzene rings is 1. The maximum atomic E-state index is 5.25. The van der Waals surface area contributed by atoms with E-state index < -0.39 is 0 Å². The summed E-state index contributed by atoms with van der Waals surface area (Å²) in [5, 5.41) is 16.4. The lowest BCUT2D eigenvalue weighted by Crippen LogP contribution is -2.01. The van der Waals surface area contributed by atoms with Crippen molar-refractivity contribution >= 4 is 11.8 Å². The molecule has 9 heteroatoms. The van der Waals surface area contributed by atoms with Gasteiger partial charge < -0.3 is 8.94 Å². The van der Waals surface area contributed by atoms with Crippen LogP contribution in [0.4, 0.5) is 0 Å². The molecule has 1 aromatic carbocycles. The Hall–Kier alpha value is -2.94. The molecule has 0 radical (unpaired) electrons. The second kappa shape index (κ2) is 6.28. The third-order valence-electron chi connectivity index (χ3n) is 3.32. The molecule has 120 valence electrons. The number of nitrogens with zero attached hydrogens (tertiary/aromatic N) is 6. The lowest BCUT2D eigenvalue weighted by atomic mass is 10.2. The van der Waals surface area contributed by atoms with Crippen LogP contribution in [0, 0.1) is 6.92 Å². The number of hydrogen-bond acceptors (Lipinski definition) is 8. The third-order valence-corrected chi connectivity index (χ3v) is 4.22. The average molecular weight is 340 g/mol. The zero-order valence-corrected chi connectivity index (χ0v) is 13.5. The van der Waals surface area contributed by atoms with Crippen molar-refractivity contribution in [3.63, 3.8) is 0 Å². The molecule has 4 rings (SSSR count). The van der Waals surface area contributed by atoms with Gasteiger partial charge in [-0.2, -0.15) is 9.67 Å². The summed E-state index contributed by atoms with van der Waals surface area (Å²) in [4.78, 5) is 4.30. The molecule has 0 unspecified atom stereocenters. The van der Waals surface area contributed by atoms with Crippen LogP contribution in [0.2, 0.25) is 0 Å². The third kappa shape index (κ3) is 2.81. The van der Waals surface area contributed by atoms with Crippen molar-refractivity contribution in [3.8, 4) is 17.3 Å². The first kappa shape index (κ1) is 14.6. The Balaban J connectivity index is 1.52. The standard InChI is InChI=1S/C15H12N6O2S/c1-10-5-2-3-6-11(10)21-15(17-19-20-21)24-9-13-16-14(18-23-13)12-7-4-8-22-12/h2-8H,9H2,1H3. The molecule has 0 saturated carbocycles. The second-order valence-electron chi connectivity index (χ2n) is 4.94. The van der Waals surface area contributed by atoms with Crippen molar-refractivity contribution in [3.05, 3.63) is 54.1 Å². The van der Waals surface area contributed by atoms with Gasteiger partial charge in [-0.15, -0.1) is 5.10 Å². The lowest BCUT2D eigenvalue weighted by molar-refractivity contribution is 0.390. The van der Waals surface area contributed by atoms with Crippen molar-refractivity contribution in [1.29, 1.82) is 0 Å². The van der Waals surface area contributed by atoms with Crippen molar-refractivity contribution in [2.75, 3.05) is 0 Å². The number of aromatic nitrogens is 6. The van der Waals surface area contributed by atoms with Gasteiger partial charge in [0.25, 0.3) is 0 Å². The number of para-hydroxylation sites is 1. The predicted octanol–water partition coefficient (Wildman–Crippen LogP) is 2.91. The number of aryl methyl sites for hydroxylation is 1. The van der Waals surface area contributed by atoms with E-state index in [1.807, 2.05) is 31.2 Å². The maximum Gasteiger partial charge on any atom is 0.238 e. The molecule has 0 aliphatic carbocycles. The molecule has 0 fully saturated rings. The fourth-order valence-electron chi connectivity index (χ4n) is 2.17. The normalized spacial score (nSPS) is 11.0. The first-order chi connectivity index (χ1) is 11.8. The summed E-state index contributed by atoms with van der Waals surface area (Å²) in [6, 6.07) is 11.5. The molecular weight excluding hydrogens is 328 g/mol. The number of rotatable bonds is 5. The van der Waals surface area contributed by atoms with Gasteiger partial charge in [0.15, 0.2) is 5.76 Å². The van der Waals surface area contributed by atoms with Crippen LogP contribution in [-0.2, 0) is 5.75 Å². The minimum Gasteiger partial charge on any atom is -0.461 e.